The van der Waals surface area contributed by atoms with Crippen LogP contribution in [0.5, 0.6) is 0 Å². The summed E-state index contributed by atoms with van der Waals surface area (Å²) in [5.74, 6) is 1.80. The van der Waals surface area contributed by atoms with E-state index in [-0.39, 0.29) is 0 Å². The minimum Gasteiger partial charge on any atom is -0.456 e. The molecule has 0 bridgehead atoms. The fourth-order valence-corrected chi connectivity index (χ4v) is 8.18. The molecule has 0 spiro atoms. The topological polar surface area (TPSA) is 51.8 Å². The van der Waals surface area contributed by atoms with Gasteiger partial charge in [-0.15, -0.1) is 0 Å². The summed E-state index contributed by atoms with van der Waals surface area (Å²) >= 11 is 0. The number of hydrogen-bond donors (Lipinski definition) is 0. The number of rotatable bonds is 5. The molecule has 4 nitrogen and oxygen atoms in total. The quantitative estimate of drug-likeness (QED) is 0.168. The fourth-order valence-electron chi connectivity index (χ4n) is 8.18. The minimum absolute atomic E-state index is 0.589. The van der Waals surface area contributed by atoms with Gasteiger partial charge in [0.25, 0.3) is 0 Å². The monoisotopic (exact) mass is 701 g/mol. The highest BCUT2D eigenvalue weighted by atomic mass is 16.3. The summed E-state index contributed by atoms with van der Waals surface area (Å²) in [4.78, 5) is 15.9. The molecule has 11 rings (SSSR count). The zero-order valence-electron chi connectivity index (χ0n) is 29.6. The van der Waals surface area contributed by atoms with E-state index >= 15 is 0 Å². The molecule has 0 N–H and O–H groups in total. The second-order valence-corrected chi connectivity index (χ2v) is 13.9. The smallest absolute Gasteiger partial charge is 0.164 e. The molecule has 256 valence electrons. The third kappa shape index (κ3) is 5.19. The second-order valence-electron chi connectivity index (χ2n) is 13.9. The lowest BCUT2D eigenvalue weighted by Crippen LogP contribution is -2.01. The van der Waals surface area contributed by atoms with Gasteiger partial charge in [-0.1, -0.05) is 164 Å². The van der Waals surface area contributed by atoms with Crippen molar-refractivity contribution in [2.45, 2.75) is 0 Å². The third-order valence-corrected chi connectivity index (χ3v) is 10.7. The van der Waals surface area contributed by atoms with Crippen LogP contribution >= 0.6 is 0 Å². The summed E-state index contributed by atoms with van der Waals surface area (Å²) in [6.07, 6.45) is 0. The lowest BCUT2D eigenvalue weighted by Gasteiger charge is -2.17. The summed E-state index contributed by atoms with van der Waals surface area (Å²) in [5.41, 5.74) is 8.79. The Morgan fingerprint density at radius 3 is 1.76 bits per heavy atom. The van der Waals surface area contributed by atoms with Gasteiger partial charge in [0.2, 0.25) is 0 Å². The molecule has 11 aromatic rings. The highest BCUT2D eigenvalue weighted by Crippen LogP contribution is 2.43. The summed E-state index contributed by atoms with van der Waals surface area (Å²) < 4.78 is 6.33. The van der Waals surface area contributed by atoms with Gasteiger partial charge in [-0.05, 0) is 78.8 Å². The molecule has 0 aliphatic carbocycles. The maximum Gasteiger partial charge on any atom is 0.164 e. The van der Waals surface area contributed by atoms with Gasteiger partial charge in [-0.25, -0.2) is 15.0 Å². The maximum absolute atomic E-state index is 6.33. The highest BCUT2D eigenvalue weighted by Gasteiger charge is 2.21. The molecular formula is C51H31N3O. The van der Waals surface area contributed by atoms with Crippen LogP contribution in [0.1, 0.15) is 0 Å². The van der Waals surface area contributed by atoms with Crippen molar-refractivity contribution in [3.63, 3.8) is 0 Å². The first-order chi connectivity index (χ1) is 27.3. The SMILES string of the molecule is c1ccc(-c2cccc(-c3nc(-c4ccccc4-c4cc5ccccc5c5ccc6ccccc6c45)nc(-c4cccc5oc6ccccc6c45)n3)c2)cc1. The van der Waals surface area contributed by atoms with Crippen LogP contribution < -0.4 is 0 Å². The lowest BCUT2D eigenvalue weighted by molar-refractivity contribution is 0.669. The normalized spacial score (nSPS) is 11.6. The van der Waals surface area contributed by atoms with Crippen molar-refractivity contribution >= 4 is 54.3 Å². The molecule has 0 radical (unpaired) electrons. The molecule has 2 heterocycles. The van der Waals surface area contributed by atoms with E-state index in [4.69, 9.17) is 19.4 Å². The number of nitrogens with zero attached hydrogens (tertiary/aromatic N) is 3. The Morgan fingerprint density at radius 1 is 0.291 bits per heavy atom. The van der Waals surface area contributed by atoms with Crippen molar-refractivity contribution in [2.75, 3.05) is 0 Å². The van der Waals surface area contributed by atoms with Crippen molar-refractivity contribution < 1.29 is 4.42 Å². The molecule has 0 amide bonds. The third-order valence-electron chi connectivity index (χ3n) is 10.7. The van der Waals surface area contributed by atoms with Crippen molar-refractivity contribution in [1.29, 1.82) is 0 Å². The zero-order valence-corrected chi connectivity index (χ0v) is 29.6. The van der Waals surface area contributed by atoms with Crippen LogP contribution in [-0.2, 0) is 0 Å². The number of fused-ring (bicyclic) bond motifs is 8. The average Bonchev–Trinajstić information content (AvgIpc) is 3.65. The highest BCUT2D eigenvalue weighted by molar-refractivity contribution is 6.23. The molecule has 55 heavy (non-hydrogen) atoms. The molecule has 0 saturated carbocycles. The number of hydrogen-bond acceptors (Lipinski definition) is 4. The number of benzene rings is 9. The van der Waals surface area contributed by atoms with E-state index in [1.165, 1.54) is 32.3 Å². The standard InChI is InChI=1S/C51H31N3O/c1-2-14-32(15-3-1)34-18-12-19-36(30-34)49-52-50(54-51(53-49)43-25-13-27-46-48(43)42-24-10-11-26-45(42)55-46)41-23-9-8-22-39(41)44-31-35-17-5-6-20-37(35)40-29-28-33-16-4-7-21-38(33)47(40)44/h1-31H. The van der Waals surface area contributed by atoms with Crippen LogP contribution in [0.25, 0.3) is 111 Å². The Bertz CT molecular complexity index is 3270. The molecule has 9 aromatic carbocycles. The molecule has 0 aliphatic heterocycles. The Hall–Kier alpha value is -7.43. The Morgan fingerprint density at radius 2 is 0.891 bits per heavy atom. The van der Waals surface area contributed by atoms with Crippen LogP contribution in [0, 0.1) is 0 Å². The van der Waals surface area contributed by atoms with Gasteiger partial charge < -0.3 is 4.42 Å². The van der Waals surface area contributed by atoms with Gasteiger partial charge in [-0.2, -0.15) is 0 Å². The average molecular weight is 702 g/mol. The van der Waals surface area contributed by atoms with Crippen LogP contribution in [-0.4, -0.2) is 15.0 Å². The Labute approximate surface area is 317 Å². The fraction of sp³-hybridized carbons (Fsp3) is 0. The number of furan rings is 1. The molecular weight excluding hydrogens is 671 g/mol. The first-order valence-corrected chi connectivity index (χ1v) is 18.5. The molecule has 0 saturated heterocycles. The Balaban J connectivity index is 1.20. The summed E-state index contributed by atoms with van der Waals surface area (Å²) in [7, 11) is 0. The first-order valence-electron chi connectivity index (χ1n) is 18.5. The Kier molecular flexibility index (Phi) is 7.14. The van der Waals surface area contributed by atoms with Gasteiger partial charge >= 0.3 is 0 Å². The van der Waals surface area contributed by atoms with Crippen molar-refractivity contribution in [1.82, 2.24) is 15.0 Å². The first kappa shape index (κ1) is 31.1. The van der Waals surface area contributed by atoms with Crippen LogP contribution in [0.3, 0.4) is 0 Å². The zero-order chi connectivity index (χ0) is 36.3. The van der Waals surface area contributed by atoms with E-state index in [0.29, 0.717) is 17.5 Å². The summed E-state index contributed by atoms with van der Waals surface area (Å²) in [6, 6.07) is 65.8. The number of para-hydroxylation sites is 1. The molecule has 2 aromatic heterocycles. The van der Waals surface area contributed by atoms with Crippen molar-refractivity contribution in [2.24, 2.45) is 0 Å². The molecule has 0 atom stereocenters. The van der Waals surface area contributed by atoms with E-state index in [0.717, 1.165) is 60.9 Å². The van der Waals surface area contributed by atoms with Gasteiger partial charge in [0, 0.05) is 27.5 Å². The summed E-state index contributed by atoms with van der Waals surface area (Å²) in [5, 5.41) is 9.27. The van der Waals surface area contributed by atoms with Crippen LogP contribution in [0.2, 0.25) is 0 Å². The van der Waals surface area contributed by atoms with E-state index in [2.05, 4.69) is 152 Å². The largest absolute Gasteiger partial charge is 0.456 e. The van der Waals surface area contributed by atoms with Gasteiger partial charge in [0.1, 0.15) is 11.2 Å². The molecule has 0 fully saturated rings. The van der Waals surface area contributed by atoms with E-state index in [1.54, 1.807) is 0 Å². The van der Waals surface area contributed by atoms with Crippen molar-refractivity contribution in [3.05, 3.63) is 188 Å². The predicted molar refractivity (Wildman–Crippen MR) is 227 cm³/mol. The van der Waals surface area contributed by atoms with E-state index in [1.807, 2.05) is 36.4 Å². The number of aromatic nitrogens is 3. The van der Waals surface area contributed by atoms with Gasteiger partial charge in [-0.3, -0.25) is 0 Å². The maximum atomic E-state index is 6.33. The predicted octanol–water partition coefficient (Wildman–Crippen LogP) is 13.6. The second kappa shape index (κ2) is 12.6. The van der Waals surface area contributed by atoms with E-state index in [9.17, 15) is 0 Å². The summed E-state index contributed by atoms with van der Waals surface area (Å²) in [6.45, 7) is 0. The molecule has 0 aliphatic rings. The lowest BCUT2D eigenvalue weighted by atomic mass is 9.88. The molecule has 0 unspecified atom stereocenters. The molecule has 4 heteroatoms. The van der Waals surface area contributed by atoms with Gasteiger partial charge in [0.05, 0.1) is 0 Å². The van der Waals surface area contributed by atoms with E-state index < -0.39 is 0 Å². The van der Waals surface area contributed by atoms with Crippen LogP contribution in [0.15, 0.2) is 192 Å². The van der Waals surface area contributed by atoms with Gasteiger partial charge in [0.15, 0.2) is 17.5 Å². The van der Waals surface area contributed by atoms with Crippen molar-refractivity contribution in [3.8, 4) is 56.4 Å². The minimum atomic E-state index is 0.589. The van der Waals surface area contributed by atoms with Crippen LogP contribution in [0.4, 0.5) is 0 Å².